The highest BCUT2D eigenvalue weighted by atomic mass is 14.3. The number of rotatable bonds is 5. The number of allylic oxidation sites excluding steroid dienone is 1. The van der Waals surface area contributed by atoms with Crippen molar-refractivity contribution in [3.63, 3.8) is 0 Å². The zero-order valence-electron chi connectivity index (χ0n) is 18.8. The molecule has 0 nitrogen and oxygen atoms in total. The topological polar surface area (TPSA) is 0 Å². The first-order valence-corrected chi connectivity index (χ1v) is 10.3. The molecule has 2 rings (SSSR count). The van der Waals surface area contributed by atoms with Crippen LogP contribution in [-0.2, 0) is 30.1 Å². The molecule has 0 saturated heterocycles. The second-order valence-corrected chi connectivity index (χ2v) is 10.1. The molecule has 0 bridgehead atoms. The lowest BCUT2D eigenvalue weighted by molar-refractivity contribution is 0.559. The van der Waals surface area contributed by atoms with Crippen molar-refractivity contribution >= 4 is 0 Å². The van der Waals surface area contributed by atoms with Gasteiger partial charge in [0.15, 0.2) is 0 Å². The molecule has 146 valence electrons. The van der Waals surface area contributed by atoms with Gasteiger partial charge in [0.25, 0.3) is 0 Å². The first kappa shape index (κ1) is 21.5. The van der Waals surface area contributed by atoms with Gasteiger partial charge in [-0.3, -0.25) is 0 Å². The van der Waals surface area contributed by atoms with Gasteiger partial charge >= 0.3 is 0 Å². The molecule has 0 atom stereocenters. The molecule has 0 radical (unpaired) electrons. The fraction of sp³-hybridized carbons (Fsp3) is 0.481. The van der Waals surface area contributed by atoms with E-state index in [0.29, 0.717) is 0 Å². The van der Waals surface area contributed by atoms with Crippen molar-refractivity contribution in [1.29, 1.82) is 0 Å². The maximum absolute atomic E-state index is 4.39. The highest BCUT2D eigenvalue weighted by Gasteiger charge is 2.24. The van der Waals surface area contributed by atoms with Gasteiger partial charge in [-0.05, 0) is 70.4 Å². The van der Waals surface area contributed by atoms with Crippen LogP contribution in [-0.4, -0.2) is 0 Å². The number of hydrogen-bond acceptors (Lipinski definition) is 0. The fourth-order valence-electron chi connectivity index (χ4n) is 3.97. The van der Waals surface area contributed by atoms with E-state index < -0.39 is 0 Å². The van der Waals surface area contributed by atoms with E-state index in [1.807, 2.05) is 0 Å². The second kappa shape index (κ2) is 8.05. The quantitative estimate of drug-likeness (QED) is 0.483. The van der Waals surface area contributed by atoms with Crippen molar-refractivity contribution in [1.82, 2.24) is 0 Å². The Labute approximate surface area is 167 Å². The van der Waals surface area contributed by atoms with Crippen LogP contribution in [0, 0.1) is 6.92 Å². The van der Waals surface area contributed by atoms with E-state index in [2.05, 4.69) is 98.4 Å². The monoisotopic (exact) mass is 362 g/mol. The summed E-state index contributed by atoms with van der Waals surface area (Å²) in [6.45, 7) is 22.8. The maximum Gasteiger partial charge on any atom is -0.00663 e. The molecule has 0 saturated carbocycles. The smallest absolute Gasteiger partial charge is 0.00663 e. The minimum absolute atomic E-state index is 0.150. The Morgan fingerprint density at radius 2 is 1.15 bits per heavy atom. The SMILES string of the molecule is C=C(Cc1ccc(CC)cc1)Cc1cc(C(C)(C)C)c(C)c(C(C)(C)C)c1. The Hall–Kier alpha value is -1.82. The van der Waals surface area contributed by atoms with Crippen molar-refractivity contribution in [2.45, 2.75) is 85.5 Å². The molecular formula is C27H38. The average Bonchev–Trinajstić information content (AvgIpc) is 2.55. The second-order valence-electron chi connectivity index (χ2n) is 10.1. The summed E-state index contributed by atoms with van der Waals surface area (Å²) >= 11 is 0. The molecule has 0 aromatic heterocycles. The predicted octanol–water partition coefficient (Wildman–Crippen LogP) is 7.49. The minimum Gasteiger partial charge on any atom is -0.0992 e. The molecule has 27 heavy (non-hydrogen) atoms. The van der Waals surface area contributed by atoms with Gasteiger partial charge in [0.05, 0.1) is 0 Å². The Morgan fingerprint density at radius 1 is 0.741 bits per heavy atom. The van der Waals surface area contributed by atoms with Crippen molar-refractivity contribution in [3.05, 3.63) is 81.9 Å². The average molecular weight is 363 g/mol. The summed E-state index contributed by atoms with van der Waals surface area (Å²) in [6.07, 6.45) is 2.99. The molecule has 2 aromatic carbocycles. The summed E-state index contributed by atoms with van der Waals surface area (Å²) in [7, 11) is 0. The normalized spacial score (nSPS) is 12.3. The van der Waals surface area contributed by atoms with Crippen LogP contribution in [0.2, 0.25) is 0 Å². The van der Waals surface area contributed by atoms with Crippen LogP contribution in [0.25, 0.3) is 0 Å². The first-order valence-electron chi connectivity index (χ1n) is 10.3. The molecule has 0 heterocycles. The Balaban J connectivity index is 2.30. The highest BCUT2D eigenvalue weighted by molar-refractivity contribution is 5.46. The van der Waals surface area contributed by atoms with Crippen molar-refractivity contribution in [2.24, 2.45) is 0 Å². The molecule has 0 aliphatic heterocycles. The van der Waals surface area contributed by atoms with E-state index in [1.165, 1.54) is 39.0 Å². The zero-order chi connectivity index (χ0) is 20.4. The summed E-state index contributed by atoms with van der Waals surface area (Å²) in [5.74, 6) is 0. The van der Waals surface area contributed by atoms with Crippen LogP contribution in [0.5, 0.6) is 0 Å². The van der Waals surface area contributed by atoms with Gasteiger partial charge in [-0.15, -0.1) is 0 Å². The van der Waals surface area contributed by atoms with Gasteiger partial charge in [-0.25, -0.2) is 0 Å². The summed E-state index contributed by atoms with van der Waals surface area (Å²) in [5.41, 5.74) is 10.1. The Bertz CT molecular complexity index is 754. The van der Waals surface area contributed by atoms with Crippen molar-refractivity contribution in [2.75, 3.05) is 0 Å². The summed E-state index contributed by atoms with van der Waals surface area (Å²) < 4.78 is 0. The van der Waals surface area contributed by atoms with Crippen molar-refractivity contribution in [3.8, 4) is 0 Å². The largest absolute Gasteiger partial charge is 0.0992 e. The molecule has 0 heteroatoms. The third-order valence-electron chi connectivity index (χ3n) is 5.42. The van der Waals surface area contributed by atoms with Crippen LogP contribution >= 0.6 is 0 Å². The zero-order valence-corrected chi connectivity index (χ0v) is 18.8. The fourth-order valence-corrected chi connectivity index (χ4v) is 3.97. The van der Waals surface area contributed by atoms with Gasteiger partial charge in [0.2, 0.25) is 0 Å². The molecular weight excluding hydrogens is 324 g/mol. The lowest BCUT2D eigenvalue weighted by Gasteiger charge is -2.30. The number of benzene rings is 2. The molecule has 0 N–H and O–H groups in total. The van der Waals surface area contributed by atoms with Gasteiger partial charge in [-0.1, -0.05) is 97.0 Å². The first-order chi connectivity index (χ1) is 12.4. The van der Waals surface area contributed by atoms with Crippen LogP contribution in [0.15, 0.2) is 48.6 Å². The van der Waals surface area contributed by atoms with Gasteiger partial charge < -0.3 is 0 Å². The molecule has 0 aliphatic rings. The van der Waals surface area contributed by atoms with Crippen LogP contribution in [0.1, 0.15) is 81.8 Å². The van der Waals surface area contributed by atoms with E-state index in [4.69, 9.17) is 0 Å². The predicted molar refractivity (Wildman–Crippen MR) is 121 cm³/mol. The van der Waals surface area contributed by atoms with E-state index in [1.54, 1.807) is 0 Å². The Kier molecular flexibility index (Phi) is 6.40. The van der Waals surface area contributed by atoms with Crippen molar-refractivity contribution < 1.29 is 0 Å². The third kappa shape index (κ3) is 5.58. The van der Waals surface area contributed by atoms with E-state index in [9.17, 15) is 0 Å². The molecule has 0 amide bonds. The van der Waals surface area contributed by atoms with Gasteiger partial charge in [0, 0.05) is 0 Å². The maximum atomic E-state index is 4.39. The minimum atomic E-state index is 0.150. The summed E-state index contributed by atoms with van der Waals surface area (Å²) in [4.78, 5) is 0. The van der Waals surface area contributed by atoms with Crippen LogP contribution in [0.3, 0.4) is 0 Å². The highest BCUT2D eigenvalue weighted by Crippen LogP contribution is 2.35. The number of hydrogen-bond donors (Lipinski definition) is 0. The number of aryl methyl sites for hydroxylation is 1. The van der Waals surface area contributed by atoms with Gasteiger partial charge in [-0.2, -0.15) is 0 Å². The molecule has 2 aromatic rings. The molecule has 0 aliphatic carbocycles. The lowest BCUT2D eigenvalue weighted by atomic mass is 9.75. The molecule has 0 unspecified atom stereocenters. The Morgan fingerprint density at radius 3 is 1.56 bits per heavy atom. The molecule has 0 fully saturated rings. The summed E-state index contributed by atoms with van der Waals surface area (Å²) in [6, 6.07) is 13.8. The van der Waals surface area contributed by atoms with E-state index in [-0.39, 0.29) is 10.8 Å². The van der Waals surface area contributed by atoms with E-state index >= 15 is 0 Å². The van der Waals surface area contributed by atoms with Crippen LogP contribution < -0.4 is 0 Å². The van der Waals surface area contributed by atoms with Crippen LogP contribution in [0.4, 0.5) is 0 Å². The lowest BCUT2D eigenvalue weighted by Crippen LogP contribution is -2.20. The molecule has 0 spiro atoms. The van der Waals surface area contributed by atoms with Gasteiger partial charge in [0.1, 0.15) is 0 Å². The third-order valence-corrected chi connectivity index (χ3v) is 5.42. The standard InChI is InChI=1S/C27H38/c1-10-21-11-13-22(14-12-21)15-19(2)16-23-17-24(26(4,5)6)20(3)25(18-23)27(7,8)9/h11-14,17-18H,2,10,15-16H2,1,3-9H3. The van der Waals surface area contributed by atoms with E-state index in [0.717, 1.165) is 19.3 Å². The summed E-state index contributed by atoms with van der Waals surface area (Å²) in [5, 5.41) is 0.